The van der Waals surface area contributed by atoms with E-state index < -0.39 is 21.7 Å². The van der Waals surface area contributed by atoms with Crippen LogP contribution in [-0.4, -0.2) is 30.2 Å². The molecule has 1 rings (SSSR count). The van der Waals surface area contributed by atoms with Gasteiger partial charge in [-0.05, 0) is 12.1 Å². The minimum Gasteiger partial charge on any atom is -0.480 e. The van der Waals surface area contributed by atoms with Crippen molar-refractivity contribution in [3.63, 3.8) is 0 Å². The zero-order chi connectivity index (χ0) is 11.5. The molecule has 0 fully saturated rings. The summed E-state index contributed by atoms with van der Waals surface area (Å²) in [5.41, 5.74) is 0.0559. The Morgan fingerprint density at radius 1 is 1.60 bits per heavy atom. The fraction of sp³-hybridized carbons (Fsp3) is 0.143. The molecule has 15 heavy (non-hydrogen) atoms. The largest absolute Gasteiger partial charge is 0.480 e. The SMILES string of the molecule is O=C(O)CS(=O)(=O)Nc1cccnc1Cl. The summed E-state index contributed by atoms with van der Waals surface area (Å²) in [6.07, 6.45) is 1.39. The molecular weight excluding hydrogens is 244 g/mol. The van der Waals surface area contributed by atoms with E-state index in [1.165, 1.54) is 18.3 Å². The average Bonchev–Trinajstić information content (AvgIpc) is 2.06. The standard InChI is InChI=1S/C7H7ClN2O4S/c8-7-5(2-1-3-9-7)10-15(13,14)4-6(11)12/h1-3,10H,4H2,(H,11,12). The first-order chi connectivity index (χ1) is 6.91. The lowest BCUT2D eigenvalue weighted by Crippen LogP contribution is -2.22. The molecule has 1 heterocycles. The first kappa shape index (κ1) is 11.7. The van der Waals surface area contributed by atoms with E-state index >= 15 is 0 Å². The topological polar surface area (TPSA) is 96.4 Å². The molecule has 8 heteroatoms. The van der Waals surface area contributed by atoms with Crippen molar-refractivity contribution in [1.82, 2.24) is 4.98 Å². The highest BCUT2D eigenvalue weighted by molar-refractivity contribution is 7.93. The highest BCUT2D eigenvalue weighted by atomic mass is 35.5. The van der Waals surface area contributed by atoms with Crippen molar-refractivity contribution < 1.29 is 18.3 Å². The third-order valence-electron chi connectivity index (χ3n) is 1.34. The van der Waals surface area contributed by atoms with Crippen LogP contribution in [0.3, 0.4) is 0 Å². The van der Waals surface area contributed by atoms with Gasteiger partial charge >= 0.3 is 5.97 Å². The van der Waals surface area contributed by atoms with E-state index in [1.807, 2.05) is 4.72 Å². The van der Waals surface area contributed by atoms with Crippen LogP contribution in [0.4, 0.5) is 5.69 Å². The van der Waals surface area contributed by atoms with E-state index in [9.17, 15) is 13.2 Å². The lowest BCUT2D eigenvalue weighted by atomic mass is 10.4. The van der Waals surface area contributed by atoms with Crippen LogP contribution in [0.2, 0.25) is 5.15 Å². The third kappa shape index (κ3) is 3.72. The van der Waals surface area contributed by atoms with E-state index in [0.717, 1.165) is 0 Å². The molecule has 0 spiro atoms. The van der Waals surface area contributed by atoms with Gasteiger partial charge in [-0.25, -0.2) is 13.4 Å². The number of nitrogens with zero attached hydrogens (tertiary/aromatic N) is 1. The Labute approximate surface area is 91.0 Å². The minimum atomic E-state index is -3.93. The number of rotatable bonds is 4. The van der Waals surface area contributed by atoms with Gasteiger partial charge in [-0.1, -0.05) is 11.6 Å². The van der Waals surface area contributed by atoms with Gasteiger partial charge in [-0.2, -0.15) is 0 Å². The Morgan fingerprint density at radius 3 is 2.80 bits per heavy atom. The molecule has 0 aliphatic rings. The van der Waals surface area contributed by atoms with Gasteiger partial charge in [0.1, 0.15) is 0 Å². The number of carbonyl (C=O) groups is 1. The van der Waals surface area contributed by atoms with Crippen LogP contribution in [0.25, 0.3) is 0 Å². The van der Waals surface area contributed by atoms with Gasteiger partial charge in [0, 0.05) is 6.20 Å². The van der Waals surface area contributed by atoms with E-state index in [4.69, 9.17) is 16.7 Å². The van der Waals surface area contributed by atoms with Gasteiger partial charge in [0.15, 0.2) is 10.9 Å². The van der Waals surface area contributed by atoms with Crippen molar-refractivity contribution in [3.05, 3.63) is 23.5 Å². The minimum absolute atomic E-state index is 0.0357. The molecule has 6 nitrogen and oxygen atoms in total. The molecule has 0 radical (unpaired) electrons. The van der Waals surface area contributed by atoms with Gasteiger partial charge in [-0.15, -0.1) is 0 Å². The summed E-state index contributed by atoms with van der Waals surface area (Å²) in [7, 11) is -3.93. The maximum atomic E-state index is 11.2. The van der Waals surface area contributed by atoms with Crippen LogP contribution in [0.5, 0.6) is 0 Å². The van der Waals surface area contributed by atoms with Crippen molar-refractivity contribution in [2.45, 2.75) is 0 Å². The number of hydrogen-bond donors (Lipinski definition) is 2. The van der Waals surface area contributed by atoms with Crippen molar-refractivity contribution >= 4 is 33.3 Å². The molecule has 0 amide bonds. The predicted octanol–water partition coefficient (Wildman–Crippen LogP) is 0.561. The van der Waals surface area contributed by atoms with Crippen molar-refractivity contribution in [2.75, 3.05) is 10.5 Å². The maximum Gasteiger partial charge on any atom is 0.320 e. The maximum absolute atomic E-state index is 11.2. The smallest absolute Gasteiger partial charge is 0.320 e. The second kappa shape index (κ2) is 4.45. The van der Waals surface area contributed by atoms with Crippen molar-refractivity contribution in [2.24, 2.45) is 0 Å². The Kier molecular flexibility index (Phi) is 3.48. The molecule has 0 aromatic carbocycles. The highest BCUT2D eigenvalue weighted by Crippen LogP contribution is 2.18. The molecule has 0 bridgehead atoms. The normalized spacial score (nSPS) is 11.0. The van der Waals surface area contributed by atoms with Crippen LogP contribution in [-0.2, 0) is 14.8 Å². The van der Waals surface area contributed by atoms with Gasteiger partial charge in [-0.3, -0.25) is 9.52 Å². The number of pyridine rings is 1. The second-order valence-corrected chi connectivity index (χ2v) is 4.68. The van der Waals surface area contributed by atoms with Gasteiger partial charge in [0.25, 0.3) is 0 Å². The van der Waals surface area contributed by atoms with Crippen LogP contribution < -0.4 is 4.72 Å². The molecule has 82 valence electrons. The molecule has 0 saturated carbocycles. The summed E-state index contributed by atoms with van der Waals surface area (Å²) in [5, 5.41) is 8.29. The fourth-order valence-electron chi connectivity index (χ4n) is 0.828. The second-order valence-electron chi connectivity index (χ2n) is 2.60. The average molecular weight is 251 g/mol. The number of carboxylic acids is 1. The summed E-state index contributed by atoms with van der Waals surface area (Å²) in [4.78, 5) is 13.9. The fourth-order valence-corrected chi connectivity index (χ4v) is 1.95. The van der Waals surface area contributed by atoms with Crippen LogP contribution in [0.1, 0.15) is 0 Å². The first-order valence-corrected chi connectivity index (χ1v) is 5.76. The number of halogens is 1. The summed E-state index contributed by atoms with van der Waals surface area (Å²) in [5.74, 6) is -2.46. The number of nitrogens with one attached hydrogen (secondary N) is 1. The molecule has 1 aromatic heterocycles. The highest BCUT2D eigenvalue weighted by Gasteiger charge is 2.16. The van der Waals surface area contributed by atoms with E-state index in [1.54, 1.807) is 0 Å². The zero-order valence-corrected chi connectivity index (χ0v) is 8.92. The Balaban J connectivity index is 2.87. The molecule has 0 unspecified atom stereocenters. The molecule has 0 aliphatic heterocycles. The number of anilines is 1. The van der Waals surface area contributed by atoms with Crippen molar-refractivity contribution in [1.29, 1.82) is 0 Å². The van der Waals surface area contributed by atoms with E-state index in [0.29, 0.717) is 0 Å². The lowest BCUT2D eigenvalue weighted by Gasteiger charge is -2.06. The van der Waals surface area contributed by atoms with Gasteiger partial charge < -0.3 is 5.11 Å². The van der Waals surface area contributed by atoms with Gasteiger partial charge in [0.05, 0.1) is 5.69 Å². The monoisotopic (exact) mass is 250 g/mol. The van der Waals surface area contributed by atoms with Crippen LogP contribution in [0.15, 0.2) is 18.3 Å². The first-order valence-electron chi connectivity index (χ1n) is 3.73. The Morgan fingerprint density at radius 2 is 2.27 bits per heavy atom. The molecule has 1 aromatic rings. The summed E-state index contributed by atoms with van der Waals surface area (Å²) >= 11 is 5.58. The molecule has 0 aliphatic carbocycles. The molecule has 0 saturated heterocycles. The quantitative estimate of drug-likeness (QED) is 0.761. The molecule has 2 N–H and O–H groups in total. The Hall–Kier alpha value is -1.34. The van der Waals surface area contributed by atoms with E-state index in [2.05, 4.69) is 4.98 Å². The van der Waals surface area contributed by atoms with Crippen LogP contribution in [0, 0.1) is 0 Å². The van der Waals surface area contributed by atoms with Crippen LogP contribution >= 0.6 is 11.6 Å². The molecular formula is C7H7ClN2O4S. The van der Waals surface area contributed by atoms with E-state index in [-0.39, 0.29) is 10.8 Å². The van der Waals surface area contributed by atoms with Crippen molar-refractivity contribution in [3.8, 4) is 0 Å². The Bertz CT molecular complexity index is 474. The summed E-state index contributed by atoms with van der Waals surface area (Å²) in [6.45, 7) is 0. The number of hydrogen-bond acceptors (Lipinski definition) is 4. The summed E-state index contributed by atoms with van der Waals surface area (Å²) < 4.78 is 24.4. The summed E-state index contributed by atoms with van der Waals surface area (Å²) in [6, 6.07) is 2.86. The number of sulfonamides is 1. The molecule has 0 atom stereocenters. The number of aliphatic carboxylic acids is 1. The zero-order valence-electron chi connectivity index (χ0n) is 7.34. The number of aromatic nitrogens is 1. The van der Waals surface area contributed by atoms with Gasteiger partial charge in [0.2, 0.25) is 10.0 Å². The number of carboxylic acid groups (broad SMARTS) is 1. The lowest BCUT2D eigenvalue weighted by molar-refractivity contribution is -0.134. The predicted molar refractivity (Wildman–Crippen MR) is 54.3 cm³/mol. The third-order valence-corrected chi connectivity index (χ3v) is 2.80.